The Balaban J connectivity index is 1.21. The number of hydrogen-bond acceptors (Lipinski definition) is 8. The van der Waals surface area contributed by atoms with Crippen LogP contribution in [0.1, 0.15) is 44.2 Å². The van der Waals surface area contributed by atoms with Crippen LogP contribution in [0.4, 0.5) is 10.2 Å². The first-order valence-electron chi connectivity index (χ1n) is 12.7. The Morgan fingerprint density at radius 2 is 1.79 bits per heavy atom. The molecule has 0 atom stereocenters. The van der Waals surface area contributed by atoms with Gasteiger partial charge in [0.1, 0.15) is 17.3 Å². The summed E-state index contributed by atoms with van der Waals surface area (Å²) in [6, 6.07) is 6.72. The Morgan fingerprint density at radius 1 is 1.08 bits per heavy atom. The Hall–Kier alpha value is -4.04. The van der Waals surface area contributed by atoms with Gasteiger partial charge in [-0.25, -0.2) is 27.3 Å². The Kier molecular flexibility index (Phi) is 6.43. The first kappa shape index (κ1) is 25.2. The minimum absolute atomic E-state index is 0.0408. The molecule has 2 fully saturated rings. The van der Waals surface area contributed by atoms with Crippen molar-refractivity contribution in [1.29, 1.82) is 0 Å². The van der Waals surface area contributed by atoms with E-state index in [4.69, 9.17) is 9.98 Å². The number of aromatic nitrogens is 5. The van der Waals surface area contributed by atoms with Crippen molar-refractivity contribution in [3.63, 3.8) is 0 Å². The highest BCUT2D eigenvalue weighted by Gasteiger charge is 2.26. The van der Waals surface area contributed by atoms with Gasteiger partial charge in [-0.2, -0.15) is 9.61 Å². The molecule has 2 saturated carbocycles. The second-order valence-electron chi connectivity index (χ2n) is 9.95. The second-order valence-corrected chi connectivity index (χ2v) is 11.7. The van der Waals surface area contributed by atoms with Gasteiger partial charge in [0, 0.05) is 23.4 Å². The largest absolute Gasteiger partial charge is 0.493 e. The lowest BCUT2D eigenvalue weighted by Gasteiger charge is -2.29. The summed E-state index contributed by atoms with van der Waals surface area (Å²) in [5.41, 5.74) is 0.862. The maximum atomic E-state index is 13.2. The molecule has 5 N–H and O–H groups in total. The minimum atomic E-state index is -3.73. The Morgan fingerprint density at radius 3 is 2.46 bits per heavy atom. The van der Waals surface area contributed by atoms with Crippen LogP contribution >= 0.6 is 0 Å². The SMILES string of the molecule is O=c1[nH]c(O)c(/C=c2\cnn3c(=NC4CC4)cc(NC4CCC(NS(=O)(=O)c5ccc(F)cc5)CC4)nc23)[nH]1. The van der Waals surface area contributed by atoms with E-state index < -0.39 is 21.5 Å². The fourth-order valence-electron chi connectivity index (χ4n) is 4.74. The molecule has 0 aliphatic heterocycles. The van der Waals surface area contributed by atoms with Gasteiger partial charge in [0.2, 0.25) is 15.9 Å². The third kappa shape index (κ3) is 5.56. The van der Waals surface area contributed by atoms with Crippen LogP contribution in [0, 0.1) is 5.82 Å². The molecule has 0 unspecified atom stereocenters. The second kappa shape index (κ2) is 9.93. The van der Waals surface area contributed by atoms with E-state index in [2.05, 4.69) is 25.1 Å². The fraction of sp³-hybridized carbons (Fsp3) is 0.360. The number of fused-ring (bicyclic) bond motifs is 1. The van der Waals surface area contributed by atoms with Gasteiger partial charge in [0.15, 0.2) is 11.1 Å². The van der Waals surface area contributed by atoms with E-state index in [1.807, 2.05) is 6.07 Å². The number of nitrogens with one attached hydrogen (secondary N) is 4. The van der Waals surface area contributed by atoms with Crippen LogP contribution in [0.3, 0.4) is 0 Å². The zero-order chi connectivity index (χ0) is 27.1. The van der Waals surface area contributed by atoms with Crippen molar-refractivity contribution in [1.82, 2.24) is 29.3 Å². The smallest absolute Gasteiger partial charge is 0.326 e. The van der Waals surface area contributed by atoms with Crippen LogP contribution in [0.2, 0.25) is 0 Å². The summed E-state index contributed by atoms with van der Waals surface area (Å²) in [5.74, 6) is -0.151. The molecule has 6 rings (SSSR count). The number of nitrogens with zero attached hydrogens (tertiary/aromatic N) is 4. The van der Waals surface area contributed by atoms with Crippen LogP contribution in [0.5, 0.6) is 5.88 Å². The zero-order valence-corrected chi connectivity index (χ0v) is 21.6. The average Bonchev–Trinajstić information content (AvgIpc) is 3.53. The number of sulfonamides is 1. The number of aromatic amines is 2. The van der Waals surface area contributed by atoms with Gasteiger partial charge in [-0.05, 0) is 68.9 Å². The van der Waals surface area contributed by atoms with E-state index in [1.165, 1.54) is 12.1 Å². The summed E-state index contributed by atoms with van der Waals surface area (Å²) in [7, 11) is -3.73. The monoisotopic (exact) mass is 554 g/mol. The van der Waals surface area contributed by atoms with E-state index in [0.29, 0.717) is 35.0 Å². The molecule has 1 aromatic carbocycles. The molecule has 4 aromatic rings. The normalized spacial score (nSPS) is 21.1. The molecule has 14 heteroatoms. The maximum absolute atomic E-state index is 13.2. The number of imidazole rings is 1. The summed E-state index contributed by atoms with van der Waals surface area (Å²) < 4.78 is 42.9. The van der Waals surface area contributed by atoms with Crippen molar-refractivity contribution in [3.05, 3.63) is 69.2 Å². The van der Waals surface area contributed by atoms with Crippen molar-refractivity contribution in [2.75, 3.05) is 5.32 Å². The lowest BCUT2D eigenvalue weighted by molar-refractivity contribution is 0.387. The van der Waals surface area contributed by atoms with Crippen LogP contribution in [0.25, 0.3) is 11.7 Å². The van der Waals surface area contributed by atoms with E-state index in [1.54, 1.807) is 16.8 Å². The first-order valence-corrected chi connectivity index (χ1v) is 14.2. The third-order valence-corrected chi connectivity index (χ3v) is 8.44. The first-order chi connectivity index (χ1) is 18.7. The molecule has 3 heterocycles. The molecule has 2 aliphatic carbocycles. The number of halogens is 1. The summed E-state index contributed by atoms with van der Waals surface area (Å²) in [6.45, 7) is 0. The fourth-order valence-corrected chi connectivity index (χ4v) is 6.04. The van der Waals surface area contributed by atoms with Crippen LogP contribution < -0.4 is 26.4 Å². The average molecular weight is 555 g/mol. The molecule has 0 bridgehead atoms. The van der Waals surface area contributed by atoms with E-state index in [-0.39, 0.29) is 34.6 Å². The molecule has 0 radical (unpaired) electrons. The summed E-state index contributed by atoms with van der Waals surface area (Å²) in [6.07, 6.45) is 7.92. The van der Waals surface area contributed by atoms with Crippen LogP contribution in [-0.4, -0.2) is 56.2 Å². The van der Waals surface area contributed by atoms with E-state index in [9.17, 15) is 22.7 Å². The van der Waals surface area contributed by atoms with Crippen molar-refractivity contribution < 1.29 is 17.9 Å². The maximum Gasteiger partial charge on any atom is 0.326 e. The molecule has 204 valence electrons. The van der Waals surface area contributed by atoms with Gasteiger partial charge < -0.3 is 15.4 Å². The Labute approximate surface area is 221 Å². The van der Waals surface area contributed by atoms with E-state index >= 15 is 0 Å². The van der Waals surface area contributed by atoms with Crippen molar-refractivity contribution in [3.8, 4) is 5.88 Å². The molecule has 3 aromatic heterocycles. The zero-order valence-electron chi connectivity index (χ0n) is 20.8. The molecule has 2 aliphatic rings. The highest BCUT2D eigenvalue weighted by atomic mass is 32.2. The summed E-state index contributed by atoms with van der Waals surface area (Å²) in [4.78, 5) is 25.9. The predicted molar refractivity (Wildman–Crippen MR) is 140 cm³/mol. The van der Waals surface area contributed by atoms with Crippen molar-refractivity contribution in [2.24, 2.45) is 4.99 Å². The van der Waals surface area contributed by atoms with E-state index in [0.717, 1.165) is 37.8 Å². The lowest BCUT2D eigenvalue weighted by atomic mass is 9.92. The molecule has 12 nitrogen and oxygen atoms in total. The summed E-state index contributed by atoms with van der Waals surface area (Å²) in [5, 5.41) is 18.5. The molecule has 0 spiro atoms. The van der Waals surface area contributed by atoms with Gasteiger partial charge in [-0.3, -0.25) is 9.98 Å². The van der Waals surface area contributed by atoms with Crippen LogP contribution in [0.15, 0.2) is 51.2 Å². The Bertz CT molecular complexity index is 1800. The van der Waals surface area contributed by atoms with Gasteiger partial charge in [-0.1, -0.05) is 0 Å². The molecular weight excluding hydrogens is 527 g/mol. The number of hydrogen-bond donors (Lipinski definition) is 5. The topological polar surface area (TPSA) is 170 Å². The third-order valence-electron chi connectivity index (χ3n) is 6.90. The quantitative estimate of drug-likeness (QED) is 0.226. The highest BCUT2D eigenvalue weighted by Crippen LogP contribution is 2.24. The highest BCUT2D eigenvalue weighted by molar-refractivity contribution is 7.89. The number of anilines is 1. The number of aromatic hydroxyl groups is 1. The van der Waals surface area contributed by atoms with Gasteiger partial charge >= 0.3 is 5.69 Å². The van der Waals surface area contributed by atoms with Crippen molar-refractivity contribution >= 4 is 27.6 Å². The van der Waals surface area contributed by atoms with Gasteiger partial charge in [-0.15, -0.1) is 0 Å². The predicted octanol–water partition coefficient (Wildman–Crippen LogP) is 0.903. The standard InChI is InChI=1S/C25H27FN8O4S/c26-15-1-9-19(10-2-15)39(37,38)33-18-7-5-16(6-8-18)28-21-12-22(29-17-3-4-17)34-23(31-21)14(13-27-34)11-20-24(35)32-25(36)30-20/h1-2,9-13,16-18,28,33,35H,3-8H2,(H2,30,32,36)/b14-11+,29-22?. The van der Waals surface area contributed by atoms with Gasteiger partial charge in [0.05, 0.1) is 17.1 Å². The molecular formula is C25H27FN8O4S. The molecule has 0 amide bonds. The molecule has 0 saturated heterocycles. The minimum Gasteiger partial charge on any atom is -0.493 e. The summed E-state index contributed by atoms with van der Waals surface area (Å²) >= 11 is 0. The van der Waals surface area contributed by atoms with Crippen molar-refractivity contribution in [2.45, 2.75) is 61.5 Å². The molecule has 39 heavy (non-hydrogen) atoms. The van der Waals surface area contributed by atoms with Gasteiger partial charge in [0.25, 0.3) is 0 Å². The van der Waals surface area contributed by atoms with Crippen LogP contribution in [-0.2, 0) is 10.0 Å². The number of rotatable bonds is 7. The number of benzene rings is 1. The lowest BCUT2D eigenvalue weighted by Crippen LogP contribution is -2.40. The number of H-pyrrole nitrogens is 2.